The van der Waals surface area contributed by atoms with Crippen LogP contribution in [0.2, 0.25) is 0 Å². The molecule has 1 aliphatic carbocycles. The fraction of sp³-hybridized carbons (Fsp3) is 1.00. The molecule has 0 bridgehead atoms. The lowest BCUT2D eigenvalue weighted by Gasteiger charge is -2.37. The van der Waals surface area contributed by atoms with Crippen molar-refractivity contribution >= 4 is 0 Å². The molecule has 2 heteroatoms. The first-order valence-corrected chi connectivity index (χ1v) is 7.98. The van der Waals surface area contributed by atoms with Crippen molar-refractivity contribution in [1.82, 2.24) is 10.2 Å². The van der Waals surface area contributed by atoms with Crippen LogP contribution in [0.4, 0.5) is 0 Å². The lowest BCUT2D eigenvalue weighted by Crippen LogP contribution is -2.47. The van der Waals surface area contributed by atoms with Gasteiger partial charge in [0, 0.05) is 18.6 Å². The van der Waals surface area contributed by atoms with E-state index in [4.69, 9.17) is 0 Å². The normalized spacial score (nSPS) is 26.8. The predicted molar refractivity (Wildman–Crippen MR) is 81.0 cm³/mol. The van der Waals surface area contributed by atoms with Gasteiger partial charge in [-0.05, 0) is 44.7 Å². The van der Waals surface area contributed by atoms with Crippen LogP contribution in [0.5, 0.6) is 0 Å². The number of hydrogen-bond donors (Lipinski definition) is 1. The largest absolute Gasteiger partial charge is 0.312 e. The highest BCUT2D eigenvalue weighted by atomic mass is 15.2. The standard InChI is InChI=1S/C16H34N2/c1-6-10-17-16(13(2)3)12-18(5)15-9-7-8-14(4)11-15/h13-17H,6-12H2,1-5H3. The summed E-state index contributed by atoms with van der Waals surface area (Å²) in [5.41, 5.74) is 0. The number of nitrogens with one attached hydrogen (secondary N) is 1. The van der Waals surface area contributed by atoms with Gasteiger partial charge in [-0.3, -0.25) is 0 Å². The molecule has 3 atom stereocenters. The molecule has 0 saturated heterocycles. The van der Waals surface area contributed by atoms with Crippen LogP contribution >= 0.6 is 0 Å². The van der Waals surface area contributed by atoms with Crippen molar-refractivity contribution in [2.45, 2.75) is 71.9 Å². The molecule has 0 aromatic rings. The maximum Gasteiger partial charge on any atom is 0.0217 e. The first-order valence-electron chi connectivity index (χ1n) is 7.98. The third-order valence-electron chi connectivity index (χ3n) is 4.48. The molecular formula is C16H34N2. The zero-order chi connectivity index (χ0) is 13.5. The molecule has 3 unspecified atom stereocenters. The molecule has 0 heterocycles. The Kier molecular flexibility index (Phi) is 7.25. The van der Waals surface area contributed by atoms with Gasteiger partial charge in [0.15, 0.2) is 0 Å². The van der Waals surface area contributed by atoms with E-state index in [2.05, 4.69) is 45.0 Å². The fourth-order valence-corrected chi connectivity index (χ4v) is 3.10. The fourth-order valence-electron chi connectivity index (χ4n) is 3.10. The lowest BCUT2D eigenvalue weighted by molar-refractivity contribution is 0.141. The number of nitrogens with zero attached hydrogens (tertiary/aromatic N) is 1. The second-order valence-corrected chi connectivity index (χ2v) is 6.67. The van der Waals surface area contributed by atoms with Crippen molar-refractivity contribution in [3.63, 3.8) is 0 Å². The first-order chi connectivity index (χ1) is 8.54. The summed E-state index contributed by atoms with van der Waals surface area (Å²) in [7, 11) is 2.33. The van der Waals surface area contributed by atoms with Crippen LogP contribution in [-0.2, 0) is 0 Å². The summed E-state index contributed by atoms with van der Waals surface area (Å²) in [6, 6.07) is 1.46. The predicted octanol–water partition coefficient (Wildman–Crippen LogP) is 3.52. The van der Waals surface area contributed by atoms with E-state index in [0.29, 0.717) is 6.04 Å². The third kappa shape index (κ3) is 5.27. The molecule has 0 aromatic heterocycles. The Labute approximate surface area is 115 Å². The molecule has 1 saturated carbocycles. The molecule has 1 fully saturated rings. The van der Waals surface area contributed by atoms with Gasteiger partial charge >= 0.3 is 0 Å². The van der Waals surface area contributed by atoms with Crippen molar-refractivity contribution in [3.05, 3.63) is 0 Å². The Hall–Kier alpha value is -0.0800. The Morgan fingerprint density at radius 3 is 2.56 bits per heavy atom. The molecule has 0 aromatic carbocycles. The van der Waals surface area contributed by atoms with E-state index in [-0.39, 0.29) is 0 Å². The van der Waals surface area contributed by atoms with Crippen molar-refractivity contribution < 1.29 is 0 Å². The quantitative estimate of drug-likeness (QED) is 0.748. The highest BCUT2D eigenvalue weighted by Crippen LogP contribution is 2.26. The van der Waals surface area contributed by atoms with Crippen LogP contribution in [-0.4, -0.2) is 37.1 Å². The number of hydrogen-bond acceptors (Lipinski definition) is 2. The Balaban J connectivity index is 2.41. The van der Waals surface area contributed by atoms with Crippen LogP contribution in [0.1, 0.15) is 59.8 Å². The monoisotopic (exact) mass is 254 g/mol. The summed E-state index contributed by atoms with van der Waals surface area (Å²) >= 11 is 0. The second-order valence-electron chi connectivity index (χ2n) is 6.67. The summed E-state index contributed by atoms with van der Waals surface area (Å²) in [4.78, 5) is 2.61. The van der Waals surface area contributed by atoms with Gasteiger partial charge in [-0.1, -0.05) is 40.5 Å². The summed E-state index contributed by atoms with van der Waals surface area (Å²) in [6.45, 7) is 11.7. The molecular weight excluding hydrogens is 220 g/mol. The Bertz CT molecular complexity index is 215. The lowest BCUT2D eigenvalue weighted by atomic mass is 9.86. The highest BCUT2D eigenvalue weighted by molar-refractivity contribution is 4.81. The summed E-state index contributed by atoms with van der Waals surface area (Å²) < 4.78 is 0. The van der Waals surface area contributed by atoms with E-state index < -0.39 is 0 Å². The van der Waals surface area contributed by atoms with Gasteiger partial charge in [0.25, 0.3) is 0 Å². The Morgan fingerprint density at radius 1 is 1.28 bits per heavy atom. The molecule has 1 aliphatic rings. The average Bonchev–Trinajstić information content (AvgIpc) is 2.33. The van der Waals surface area contributed by atoms with Crippen LogP contribution in [0, 0.1) is 11.8 Å². The molecule has 2 nitrogen and oxygen atoms in total. The summed E-state index contributed by atoms with van der Waals surface area (Å²) in [5, 5.41) is 3.71. The molecule has 1 rings (SSSR count). The minimum Gasteiger partial charge on any atom is -0.312 e. The smallest absolute Gasteiger partial charge is 0.0217 e. The molecule has 18 heavy (non-hydrogen) atoms. The number of rotatable bonds is 7. The van der Waals surface area contributed by atoms with Crippen LogP contribution in [0.25, 0.3) is 0 Å². The van der Waals surface area contributed by atoms with Gasteiger partial charge in [-0.15, -0.1) is 0 Å². The van der Waals surface area contributed by atoms with Crippen LogP contribution < -0.4 is 5.32 Å². The van der Waals surface area contributed by atoms with Crippen molar-refractivity contribution in [1.29, 1.82) is 0 Å². The van der Waals surface area contributed by atoms with E-state index in [1.54, 1.807) is 0 Å². The molecule has 0 aliphatic heterocycles. The maximum absolute atomic E-state index is 3.71. The van der Waals surface area contributed by atoms with Gasteiger partial charge in [0.1, 0.15) is 0 Å². The third-order valence-corrected chi connectivity index (χ3v) is 4.48. The van der Waals surface area contributed by atoms with E-state index >= 15 is 0 Å². The zero-order valence-electron chi connectivity index (χ0n) is 13.2. The summed E-state index contributed by atoms with van der Waals surface area (Å²) in [5.74, 6) is 1.65. The van der Waals surface area contributed by atoms with Crippen molar-refractivity contribution in [2.24, 2.45) is 11.8 Å². The molecule has 0 spiro atoms. The van der Waals surface area contributed by atoms with Crippen molar-refractivity contribution in [2.75, 3.05) is 20.1 Å². The minimum atomic E-state index is 0.646. The van der Waals surface area contributed by atoms with E-state index in [1.165, 1.54) is 38.6 Å². The van der Waals surface area contributed by atoms with Gasteiger partial charge in [-0.2, -0.15) is 0 Å². The molecule has 0 amide bonds. The van der Waals surface area contributed by atoms with Gasteiger partial charge in [0.2, 0.25) is 0 Å². The van der Waals surface area contributed by atoms with Gasteiger partial charge in [-0.25, -0.2) is 0 Å². The number of likely N-dealkylation sites (N-methyl/N-ethyl adjacent to an activating group) is 1. The average molecular weight is 254 g/mol. The maximum atomic E-state index is 3.71. The highest BCUT2D eigenvalue weighted by Gasteiger charge is 2.24. The Morgan fingerprint density at radius 2 is 2.00 bits per heavy atom. The summed E-state index contributed by atoms with van der Waals surface area (Å²) in [6.07, 6.45) is 6.89. The van der Waals surface area contributed by atoms with Gasteiger partial charge in [0.05, 0.1) is 0 Å². The van der Waals surface area contributed by atoms with E-state index in [9.17, 15) is 0 Å². The van der Waals surface area contributed by atoms with Crippen molar-refractivity contribution in [3.8, 4) is 0 Å². The zero-order valence-corrected chi connectivity index (χ0v) is 13.2. The van der Waals surface area contributed by atoms with E-state index in [1.807, 2.05) is 0 Å². The second kappa shape index (κ2) is 8.16. The van der Waals surface area contributed by atoms with Gasteiger partial charge < -0.3 is 10.2 Å². The SMILES string of the molecule is CCCNC(CN(C)C1CCCC(C)C1)C(C)C. The molecule has 0 radical (unpaired) electrons. The topological polar surface area (TPSA) is 15.3 Å². The minimum absolute atomic E-state index is 0.646. The van der Waals surface area contributed by atoms with Crippen LogP contribution in [0.3, 0.4) is 0 Å². The van der Waals surface area contributed by atoms with E-state index in [0.717, 1.165) is 24.4 Å². The molecule has 108 valence electrons. The molecule has 1 N–H and O–H groups in total. The van der Waals surface area contributed by atoms with Crippen LogP contribution in [0.15, 0.2) is 0 Å². The first kappa shape index (κ1) is 16.0.